The van der Waals surface area contributed by atoms with Crippen LogP contribution >= 0.6 is 11.8 Å². The average Bonchev–Trinajstić information content (AvgIpc) is 3.18. The van der Waals surface area contributed by atoms with Crippen LogP contribution in [0.1, 0.15) is 48.0 Å². The second-order valence-electron chi connectivity index (χ2n) is 11.0. The van der Waals surface area contributed by atoms with Gasteiger partial charge in [-0.2, -0.15) is 0 Å². The SMILES string of the molecule is COC(=O)[C@@H]1C[C@@H](Sc2ccc3ccccc3c2)CN1C(=O)[C@@H](NC(=O)OC(C)(C)C)C(C)(C)C. The van der Waals surface area contributed by atoms with E-state index in [-0.39, 0.29) is 11.2 Å². The topological polar surface area (TPSA) is 84.9 Å². The molecule has 1 aliphatic rings. The van der Waals surface area contributed by atoms with Gasteiger partial charge in [-0.25, -0.2) is 9.59 Å². The highest BCUT2D eigenvalue weighted by atomic mass is 32.2. The molecule has 0 aliphatic carbocycles. The molecule has 1 saturated heterocycles. The predicted octanol–water partition coefficient (Wildman–Crippen LogP) is 5.01. The number of hydrogen-bond acceptors (Lipinski definition) is 6. The molecule has 1 heterocycles. The third-order valence-electron chi connectivity index (χ3n) is 5.82. The van der Waals surface area contributed by atoms with Crippen LogP contribution in [0.15, 0.2) is 47.4 Å². The third kappa shape index (κ3) is 6.90. The summed E-state index contributed by atoms with van der Waals surface area (Å²) < 4.78 is 10.4. The largest absolute Gasteiger partial charge is 0.467 e. The summed E-state index contributed by atoms with van der Waals surface area (Å²) in [7, 11) is 1.33. The van der Waals surface area contributed by atoms with E-state index in [1.165, 1.54) is 7.11 Å². The Labute approximate surface area is 211 Å². The summed E-state index contributed by atoms with van der Waals surface area (Å²) in [6.45, 7) is 11.3. The van der Waals surface area contributed by atoms with Crippen molar-refractivity contribution in [2.24, 2.45) is 5.41 Å². The summed E-state index contributed by atoms with van der Waals surface area (Å²) in [6.07, 6.45) is -0.194. The second kappa shape index (κ2) is 10.5. The molecule has 3 atom stereocenters. The van der Waals surface area contributed by atoms with E-state index in [1.54, 1.807) is 37.4 Å². The van der Waals surface area contributed by atoms with Gasteiger partial charge in [-0.3, -0.25) is 4.79 Å². The zero-order chi connectivity index (χ0) is 26.0. The van der Waals surface area contributed by atoms with E-state index >= 15 is 0 Å². The summed E-state index contributed by atoms with van der Waals surface area (Å²) in [5, 5.41) is 5.05. The maximum absolute atomic E-state index is 13.7. The molecule has 0 radical (unpaired) electrons. The molecule has 1 N–H and O–H groups in total. The van der Waals surface area contributed by atoms with Crippen LogP contribution in [-0.2, 0) is 19.1 Å². The number of fused-ring (bicyclic) bond motifs is 1. The number of carbonyl (C=O) groups is 3. The molecule has 2 aromatic carbocycles. The van der Waals surface area contributed by atoms with Crippen LogP contribution in [0.25, 0.3) is 10.8 Å². The Morgan fingerprint density at radius 1 is 1.03 bits per heavy atom. The van der Waals surface area contributed by atoms with E-state index < -0.39 is 35.2 Å². The van der Waals surface area contributed by atoms with Crippen molar-refractivity contribution in [3.05, 3.63) is 42.5 Å². The van der Waals surface area contributed by atoms with E-state index in [9.17, 15) is 14.4 Å². The highest BCUT2D eigenvalue weighted by molar-refractivity contribution is 8.00. The number of ether oxygens (including phenoxy) is 2. The molecular formula is C27H36N2O5S. The van der Waals surface area contributed by atoms with Gasteiger partial charge in [-0.15, -0.1) is 11.8 Å². The number of thioether (sulfide) groups is 1. The van der Waals surface area contributed by atoms with Crippen LogP contribution in [0.4, 0.5) is 4.79 Å². The monoisotopic (exact) mass is 500 g/mol. The molecule has 2 aromatic rings. The van der Waals surface area contributed by atoms with Crippen molar-refractivity contribution in [2.45, 2.75) is 75.8 Å². The fourth-order valence-corrected chi connectivity index (χ4v) is 5.40. The normalized spacial score (nSPS) is 19.3. The molecule has 35 heavy (non-hydrogen) atoms. The number of nitrogens with zero attached hydrogens (tertiary/aromatic N) is 1. The number of benzene rings is 2. The van der Waals surface area contributed by atoms with Crippen molar-refractivity contribution >= 4 is 40.5 Å². The number of hydrogen-bond donors (Lipinski definition) is 1. The fourth-order valence-electron chi connectivity index (χ4n) is 4.16. The molecule has 1 aliphatic heterocycles. The van der Waals surface area contributed by atoms with Crippen LogP contribution in [0.3, 0.4) is 0 Å². The summed E-state index contributed by atoms with van der Waals surface area (Å²) in [5.41, 5.74) is -1.29. The minimum absolute atomic E-state index is 0.00589. The first-order valence-electron chi connectivity index (χ1n) is 11.8. The smallest absolute Gasteiger partial charge is 0.408 e. The maximum atomic E-state index is 13.7. The van der Waals surface area contributed by atoms with Gasteiger partial charge in [0.15, 0.2) is 0 Å². The molecular weight excluding hydrogens is 464 g/mol. The lowest BCUT2D eigenvalue weighted by Gasteiger charge is -2.35. The van der Waals surface area contributed by atoms with E-state index in [0.29, 0.717) is 13.0 Å². The Hall–Kier alpha value is -2.74. The molecule has 1 fully saturated rings. The van der Waals surface area contributed by atoms with Gasteiger partial charge in [0.25, 0.3) is 0 Å². The lowest BCUT2D eigenvalue weighted by molar-refractivity contribution is -0.152. The molecule has 0 bridgehead atoms. The van der Waals surface area contributed by atoms with Crippen molar-refractivity contribution in [1.82, 2.24) is 10.2 Å². The number of esters is 1. The number of amides is 2. The van der Waals surface area contributed by atoms with Gasteiger partial charge >= 0.3 is 12.1 Å². The quantitative estimate of drug-likeness (QED) is 0.581. The molecule has 0 saturated carbocycles. The van der Waals surface area contributed by atoms with Crippen molar-refractivity contribution in [3.63, 3.8) is 0 Å². The van der Waals surface area contributed by atoms with Crippen molar-refractivity contribution in [3.8, 4) is 0 Å². The highest BCUT2D eigenvalue weighted by Gasteiger charge is 2.46. The maximum Gasteiger partial charge on any atom is 0.408 e. The molecule has 7 nitrogen and oxygen atoms in total. The standard InChI is InChI=1S/C27H36N2O5S/c1-26(2,3)22(28-25(32)34-27(4,5)6)23(30)29-16-20(15-21(29)24(31)33-7)35-19-13-12-17-10-8-9-11-18(17)14-19/h8-14,20-22H,15-16H2,1-7H3,(H,28,32)/t20-,21+,22-/m1/s1. The van der Waals surface area contributed by atoms with Crippen LogP contribution in [-0.4, -0.2) is 59.5 Å². The minimum Gasteiger partial charge on any atom is -0.467 e. The van der Waals surface area contributed by atoms with Crippen LogP contribution in [0.5, 0.6) is 0 Å². The molecule has 3 rings (SSSR count). The Morgan fingerprint density at radius 3 is 2.29 bits per heavy atom. The van der Waals surface area contributed by atoms with Crippen molar-refractivity contribution in [1.29, 1.82) is 0 Å². The van der Waals surface area contributed by atoms with Gasteiger partial charge in [-0.1, -0.05) is 51.1 Å². The minimum atomic E-state index is -0.867. The average molecular weight is 501 g/mol. The van der Waals surface area contributed by atoms with Gasteiger partial charge in [0.1, 0.15) is 17.7 Å². The van der Waals surface area contributed by atoms with Gasteiger partial charge in [0, 0.05) is 16.7 Å². The van der Waals surface area contributed by atoms with Gasteiger partial charge in [0.2, 0.25) is 5.91 Å². The zero-order valence-corrected chi connectivity index (χ0v) is 22.4. The van der Waals surface area contributed by atoms with Crippen LogP contribution in [0, 0.1) is 5.41 Å². The van der Waals surface area contributed by atoms with E-state index in [0.717, 1.165) is 15.7 Å². The molecule has 2 amide bonds. The Bertz CT molecular complexity index is 1090. The molecule has 0 aromatic heterocycles. The Morgan fingerprint density at radius 2 is 1.69 bits per heavy atom. The number of nitrogens with one attached hydrogen (secondary N) is 1. The summed E-state index contributed by atoms with van der Waals surface area (Å²) in [6, 6.07) is 12.8. The number of likely N-dealkylation sites (tertiary alicyclic amines) is 1. The number of methoxy groups -OCH3 is 1. The van der Waals surface area contributed by atoms with Crippen molar-refractivity contribution in [2.75, 3.05) is 13.7 Å². The summed E-state index contributed by atoms with van der Waals surface area (Å²) in [5.74, 6) is -0.773. The zero-order valence-electron chi connectivity index (χ0n) is 21.6. The van der Waals surface area contributed by atoms with Crippen LogP contribution < -0.4 is 5.32 Å². The lowest BCUT2D eigenvalue weighted by Crippen LogP contribution is -2.57. The predicted molar refractivity (Wildman–Crippen MR) is 138 cm³/mol. The molecule has 0 unspecified atom stereocenters. The Kier molecular flexibility index (Phi) is 8.04. The van der Waals surface area contributed by atoms with Gasteiger partial charge in [-0.05, 0) is 55.5 Å². The summed E-state index contributed by atoms with van der Waals surface area (Å²) in [4.78, 5) is 41.5. The van der Waals surface area contributed by atoms with Crippen molar-refractivity contribution < 1.29 is 23.9 Å². The first-order chi connectivity index (χ1) is 16.3. The van der Waals surface area contributed by atoms with E-state index in [1.807, 2.05) is 32.9 Å². The first-order valence-corrected chi connectivity index (χ1v) is 12.7. The first kappa shape index (κ1) is 26.9. The number of carbonyl (C=O) groups excluding carboxylic acids is 3. The van der Waals surface area contributed by atoms with Crippen LogP contribution in [0.2, 0.25) is 0 Å². The molecule has 0 spiro atoms. The number of alkyl carbamates (subject to hydrolysis) is 1. The van der Waals surface area contributed by atoms with Gasteiger partial charge < -0.3 is 19.7 Å². The molecule has 190 valence electrons. The summed E-state index contributed by atoms with van der Waals surface area (Å²) >= 11 is 1.65. The fraction of sp³-hybridized carbons (Fsp3) is 0.519. The van der Waals surface area contributed by atoms with E-state index in [2.05, 4.69) is 35.6 Å². The Balaban J connectivity index is 1.81. The van der Waals surface area contributed by atoms with E-state index in [4.69, 9.17) is 9.47 Å². The highest BCUT2D eigenvalue weighted by Crippen LogP contribution is 2.36. The third-order valence-corrected chi connectivity index (χ3v) is 7.02. The number of rotatable bonds is 5. The van der Waals surface area contributed by atoms with Gasteiger partial charge in [0.05, 0.1) is 7.11 Å². The second-order valence-corrected chi connectivity index (χ2v) is 12.3. The molecule has 8 heteroatoms. The lowest BCUT2D eigenvalue weighted by atomic mass is 9.85.